The number of hydrogen-bond acceptors (Lipinski definition) is 2. The minimum absolute atomic E-state index is 0.0890. The van der Waals surface area contributed by atoms with Gasteiger partial charge in [0.2, 0.25) is 5.91 Å². The molecule has 0 aromatic carbocycles. The van der Waals surface area contributed by atoms with Crippen molar-refractivity contribution in [3.05, 3.63) is 12.7 Å². The number of nitrogens with two attached hydrogens (primary N) is 1. The van der Waals surface area contributed by atoms with E-state index in [1.54, 1.807) is 6.08 Å². The summed E-state index contributed by atoms with van der Waals surface area (Å²) in [5.41, 5.74) is 5.85. The Morgan fingerprint density at radius 2 is 2.24 bits per heavy atom. The van der Waals surface area contributed by atoms with Crippen LogP contribution in [0.2, 0.25) is 0 Å². The van der Waals surface area contributed by atoms with Crippen molar-refractivity contribution in [3.8, 4) is 0 Å². The lowest BCUT2D eigenvalue weighted by molar-refractivity contribution is -0.119. The molecule has 1 heterocycles. The minimum atomic E-state index is -0.127. The van der Waals surface area contributed by atoms with E-state index in [0.29, 0.717) is 12.5 Å². The van der Waals surface area contributed by atoms with Gasteiger partial charge in [0.1, 0.15) is 6.54 Å². The summed E-state index contributed by atoms with van der Waals surface area (Å²) in [7, 11) is 0. The second-order valence-electron chi connectivity index (χ2n) is 4.44. The maximum Gasteiger partial charge on any atom is 0.242 e. The van der Waals surface area contributed by atoms with Crippen LogP contribution in [0.3, 0.4) is 0 Å². The maximum absolute atomic E-state index is 11.3. The topological polar surface area (TPSA) is 70.7 Å². The third-order valence-corrected chi connectivity index (χ3v) is 2.94. The quantitative estimate of drug-likeness (QED) is 0.421. The Morgan fingerprint density at radius 3 is 2.82 bits per heavy atom. The number of aliphatic imine (C=N–C) groups is 1. The molecule has 0 bridgehead atoms. The number of nitrogens with zero attached hydrogens (tertiary/aromatic N) is 2. The van der Waals surface area contributed by atoms with Gasteiger partial charge in [-0.05, 0) is 18.8 Å². The summed E-state index contributed by atoms with van der Waals surface area (Å²) in [5, 5.41) is 2.66. The largest absolute Gasteiger partial charge is 0.370 e. The number of piperidine rings is 1. The molecule has 5 heteroatoms. The van der Waals surface area contributed by atoms with Crippen molar-refractivity contribution in [2.24, 2.45) is 16.6 Å². The normalized spacial score (nSPS) is 17.9. The number of guanidine groups is 1. The third kappa shape index (κ3) is 4.89. The summed E-state index contributed by atoms with van der Waals surface area (Å²) in [6.45, 7) is 8.20. The molecule has 0 aromatic rings. The van der Waals surface area contributed by atoms with E-state index >= 15 is 0 Å². The Hall–Kier alpha value is -1.52. The van der Waals surface area contributed by atoms with Gasteiger partial charge in [-0.25, -0.2) is 4.99 Å². The molecular formula is C12H22N4O. The molecule has 5 nitrogen and oxygen atoms in total. The van der Waals surface area contributed by atoms with E-state index in [1.807, 2.05) is 4.90 Å². The van der Waals surface area contributed by atoms with Gasteiger partial charge in [0.25, 0.3) is 0 Å². The first-order valence-electron chi connectivity index (χ1n) is 6.06. The Kier molecular flexibility index (Phi) is 5.52. The zero-order valence-corrected chi connectivity index (χ0v) is 10.5. The van der Waals surface area contributed by atoms with Crippen molar-refractivity contribution >= 4 is 11.9 Å². The van der Waals surface area contributed by atoms with Gasteiger partial charge < -0.3 is 16.0 Å². The molecule has 0 spiro atoms. The van der Waals surface area contributed by atoms with Crippen molar-refractivity contribution in [3.63, 3.8) is 0 Å². The lowest BCUT2D eigenvalue weighted by atomic mass is 10.00. The molecule has 1 fully saturated rings. The molecule has 1 aliphatic rings. The monoisotopic (exact) mass is 238 g/mol. The predicted molar refractivity (Wildman–Crippen MR) is 69.7 cm³/mol. The van der Waals surface area contributed by atoms with Gasteiger partial charge in [-0.2, -0.15) is 0 Å². The van der Waals surface area contributed by atoms with E-state index in [1.165, 1.54) is 0 Å². The minimum Gasteiger partial charge on any atom is -0.370 e. The van der Waals surface area contributed by atoms with Gasteiger partial charge in [-0.3, -0.25) is 4.79 Å². The van der Waals surface area contributed by atoms with E-state index in [2.05, 4.69) is 23.8 Å². The van der Waals surface area contributed by atoms with Crippen LogP contribution in [0.5, 0.6) is 0 Å². The number of nitrogens with one attached hydrogen (secondary N) is 1. The molecule has 0 aromatic heterocycles. The zero-order valence-electron chi connectivity index (χ0n) is 10.5. The molecule has 3 N–H and O–H groups in total. The molecule has 17 heavy (non-hydrogen) atoms. The first-order chi connectivity index (χ1) is 8.13. The number of likely N-dealkylation sites (tertiary alicyclic amines) is 1. The number of carbonyl (C=O) groups is 1. The molecule has 1 rings (SSSR count). The summed E-state index contributed by atoms with van der Waals surface area (Å²) in [5.74, 6) is 1.11. The second-order valence-corrected chi connectivity index (χ2v) is 4.44. The molecule has 0 radical (unpaired) electrons. The van der Waals surface area contributed by atoms with Gasteiger partial charge in [0, 0.05) is 19.6 Å². The van der Waals surface area contributed by atoms with Crippen LogP contribution in [0.1, 0.15) is 19.8 Å². The molecule has 96 valence electrons. The molecule has 0 aliphatic carbocycles. The highest BCUT2D eigenvalue weighted by atomic mass is 16.1. The lowest BCUT2D eigenvalue weighted by Gasteiger charge is -2.30. The molecule has 1 saturated heterocycles. The Labute approximate surface area is 103 Å². The first-order valence-corrected chi connectivity index (χ1v) is 6.06. The highest BCUT2D eigenvalue weighted by molar-refractivity contribution is 5.84. The van der Waals surface area contributed by atoms with Crippen molar-refractivity contribution in [1.82, 2.24) is 10.2 Å². The van der Waals surface area contributed by atoms with Gasteiger partial charge in [0.15, 0.2) is 5.96 Å². The van der Waals surface area contributed by atoms with E-state index in [4.69, 9.17) is 5.73 Å². The number of amides is 1. The fraction of sp³-hybridized carbons (Fsp3) is 0.667. The molecule has 1 aliphatic heterocycles. The summed E-state index contributed by atoms with van der Waals surface area (Å²) in [6.07, 6.45) is 3.91. The van der Waals surface area contributed by atoms with Crippen LogP contribution in [-0.2, 0) is 4.79 Å². The number of carbonyl (C=O) groups excluding carboxylic acids is 1. The van der Waals surface area contributed by atoms with Crippen LogP contribution < -0.4 is 11.1 Å². The first kappa shape index (κ1) is 13.5. The van der Waals surface area contributed by atoms with Crippen molar-refractivity contribution in [1.29, 1.82) is 0 Å². The smallest absolute Gasteiger partial charge is 0.242 e. The van der Waals surface area contributed by atoms with E-state index in [-0.39, 0.29) is 12.5 Å². The SMILES string of the molecule is C=CCNC(=O)CN=C(N)N1CCC(C)CC1. The zero-order chi connectivity index (χ0) is 12.7. The highest BCUT2D eigenvalue weighted by Crippen LogP contribution is 2.15. The summed E-state index contributed by atoms with van der Waals surface area (Å²) < 4.78 is 0. The fourth-order valence-corrected chi connectivity index (χ4v) is 1.73. The fourth-order valence-electron chi connectivity index (χ4n) is 1.73. The lowest BCUT2D eigenvalue weighted by Crippen LogP contribution is -2.43. The van der Waals surface area contributed by atoms with Crippen LogP contribution >= 0.6 is 0 Å². The van der Waals surface area contributed by atoms with Crippen LogP contribution in [0, 0.1) is 5.92 Å². The maximum atomic E-state index is 11.3. The van der Waals surface area contributed by atoms with Crippen LogP contribution in [0.15, 0.2) is 17.6 Å². The Balaban J connectivity index is 2.33. The summed E-state index contributed by atoms with van der Waals surface area (Å²) >= 11 is 0. The van der Waals surface area contributed by atoms with Crippen LogP contribution in [0.25, 0.3) is 0 Å². The van der Waals surface area contributed by atoms with E-state index in [0.717, 1.165) is 31.8 Å². The van der Waals surface area contributed by atoms with Gasteiger partial charge >= 0.3 is 0 Å². The molecular weight excluding hydrogens is 216 g/mol. The summed E-state index contributed by atoms with van der Waals surface area (Å²) in [6, 6.07) is 0. The molecule has 1 amide bonds. The van der Waals surface area contributed by atoms with Crippen molar-refractivity contribution < 1.29 is 4.79 Å². The van der Waals surface area contributed by atoms with Gasteiger partial charge in [-0.1, -0.05) is 13.0 Å². The Bertz CT molecular complexity index is 293. The standard InChI is InChI=1S/C12H22N4O/c1-3-6-14-11(17)9-15-12(13)16-7-4-10(2)5-8-16/h3,10H,1,4-9H2,2H3,(H2,13,15)(H,14,17). The number of rotatable bonds is 4. The highest BCUT2D eigenvalue weighted by Gasteiger charge is 2.16. The molecule has 0 atom stereocenters. The van der Waals surface area contributed by atoms with Gasteiger partial charge in [0.05, 0.1) is 0 Å². The third-order valence-electron chi connectivity index (χ3n) is 2.94. The summed E-state index contributed by atoms with van der Waals surface area (Å²) in [4.78, 5) is 17.4. The van der Waals surface area contributed by atoms with Crippen LogP contribution in [0.4, 0.5) is 0 Å². The van der Waals surface area contributed by atoms with E-state index in [9.17, 15) is 4.79 Å². The molecule has 0 unspecified atom stereocenters. The molecule has 0 saturated carbocycles. The average Bonchev–Trinajstić information content (AvgIpc) is 2.34. The second kappa shape index (κ2) is 6.93. The van der Waals surface area contributed by atoms with Crippen LogP contribution in [-0.4, -0.2) is 42.9 Å². The Morgan fingerprint density at radius 1 is 1.59 bits per heavy atom. The van der Waals surface area contributed by atoms with Crippen molar-refractivity contribution in [2.75, 3.05) is 26.2 Å². The average molecular weight is 238 g/mol. The van der Waals surface area contributed by atoms with Crippen molar-refractivity contribution in [2.45, 2.75) is 19.8 Å². The van der Waals surface area contributed by atoms with Gasteiger partial charge in [-0.15, -0.1) is 6.58 Å². The predicted octanol–water partition coefficient (Wildman–Crippen LogP) is 0.335. The van der Waals surface area contributed by atoms with E-state index < -0.39 is 0 Å². The number of hydrogen-bond donors (Lipinski definition) is 2.